The third-order valence-electron chi connectivity index (χ3n) is 1.41. The van der Waals surface area contributed by atoms with E-state index in [1.807, 2.05) is 0 Å². The van der Waals surface area contributed by atoms with E-state index in [1.165, 1.54) is 25.5 Å². The van der Waals surface area contributed by atoms with Crippen LogP contribution in [-0.2, 0) is 4.74 Å². The molecule has 0 saturated carbocycles. The molecule has 0 atom stereocenters. The van der Waals surface area contributed by atoms with Crippen molar-refractivity contribution in [2.24, 2.45) is 0 Å². The van der Waals surface area contributed by atoms with Gasteiger partial charge in [-0.1, -0.05) is 38.5 Å². The van der Waals surface area contributed by atoms with Crippen molar-refractivity contribution in [2.45, 2.75) is 32.6 Å². The third kappa shape index (κ3) is 9.28. The highest BCUT2D eigenvalue weighted by Gasteiger charge is 1.79. The second-order valence-corrected chi connectivity index (χ2v) is 2.44. The molecule has 11 heavy (non-hydrogen) atoms. The second-order valence-electron chi connectivity index (χ2n) is 2.44. The first-order valence-corrected chi connectivity index (χ1v) is 4.29. The van der Waals surface area contributed by atoms with Crippen molar-refractivity contribution in [3.05, 3.63) is 25.0 Å². The first-order valence-electron chi connectivity index (χ1n) is 4.29. The van der Waals surface area contributed by atoms with Gasteiger partial charge in [-0.25, -0.2) is 0 Å². The lowest BCUT2D eigenvalue weighted by Gasteiger charge is -1.94. The summed E-state index contributed by atoms with van der Waals surface area (Å²) in [5.74, 6) is 0. The Labute approximate surface area is 69.8 Å². The van der Waals surface area contributed by atoms with Crippen molar-refractivity contribution in [3.63, 3.8) is 0 Å². The minimum Gasteiger partial charge on any atom is -0.501 e. The first kappa shape index (κ1) is 10.3. The molecule has 0 aliphatic heterocycles. The molecule has 0 bridgehead atoms. The van der Waals surface area contributed by atoms with Crippen LogP contribution in [-0.4, -0.2) is 6.61 Å². The van der Waals surface area contributed by atoms with Gasteiger partial charge >= 0.3 is 0 Å². The Bertz CT molecular complexity index is 105. The van der Waals surface area contributed by atoms with Crippen LogP contribution in [0.4, 0.5) is 0 Å². The average molecular weight is 154 g/mol. The Hall–Kier alpha value is -0.720. The molecule has 0 N–H and O–H groups in total. The molecule has 0 aromatic carbocycles. The normalized spacial score (nSPS) is 10.3. The van der Waals surface area contributed by atoms with Crippen LogP contribution >= 0.6 is 0 Å². The minimum atomic E-state index is 0.756. The minimum absolute atomic E-state index is 0.756. The van der Waals surface area contributed by atoms with Crippen molar-refractivity contribution in [1.29, 1.82) is 0 Å². The summed E-state index contributed by atoms with van der Waals surface area (Å²) in [4.78, 5) is 0. The van der Waals surface area contributed by atoms with Gasteiger partial charge in [0.05, 0.1) is 12.9 Å². The first-order chi connectivity index (χ1) is 5.41. The molecule has 0 aliphatic rings. The lowest BCUT2D eigenvalue weighted by atomic mass is 10.2. The molecule has 1 heteroatoms. The Balaban J connectivity index is 2.97. The highest BCUT2D eigenvalue weighted by Crippen LogP contribution is 1.96. The summed E-state index contributed by atoms with van der Waals surface area (Å²) >= 11 is 0. The Morgan fingerprint density at radius 3 is 2.64 bits per heavy atom. The predicted molar refractivity (Wildman–Crippen MR) is 49.4 cm³/mol. The molecule has 0 aliphatic carbocycles. The van der Waals surface area contributed by atoms with Gasteiger partial charge in [-0.15, -0.1) is 0 Å². The van der Waals surface area contributed by atoms with E-state index in [1.54, 1.807) is 0 Å². The summed E-state index contributed by atoms with van der Waals surface area (Å²) < 4.78 is 4.95. The Kier molecular flexibility index (Phi) is 8.67. The Morgan fingerprint density at radius 1 is 1.27 bits per heavy atom. The van der Waals surface area contributed by atoms with Crippen molar-refractivity contribution in [2.75, 3.05) is 6.61 Å². The molecule has 1 nitrogen and oxygen atoms in total. The number of rotatable bonds is 7. The topological polar surface area (TPSA) is 9.23 Å². The van der Waals surface area contributed by atoms with Gasteiger partial charge in [-0.3, -0.25) is 0 Å². The zero-order valence-corrected chi connectivity index (χ0v) is 7.38. The third-order valence-corrected chi connectivity index (χ3v) is 1.41. The quantitative estimate of drug-likeness (QED) is 0.310. The SMILES string of the molecule is C=COCCC=CCCCC. The van der Waals surface area contributed by atoms with E-state index >= 15 is 0 Å². The van der Waals surface area contributed by atoms with Crippen LogP contribution in [0.15, 0.2) is 25.0 Å². The van der Waals surface area contributed by atoms with Crippen LogP contribution in [0.5, 0.6) is 0 Å². The molecule has 0 heterocycles. The number of allylic oxidation sites excluding steroid dienone is 1. The van der Waals surface area contributed by atoms with Crippen LogP contribution in [0, 0.1) is 0 Å². The van der Waals surface area contributed by atoms with Gasteiger partial charge in [-0.2, -0.15) is 0 Å². The summed E-state index contributed by atoms with van der Waals surface area (Å²) in [6, 6.07) is 0. The van der Waals surface area contributed by atoms with Gasteiger partial charge in [0.25, 0.3) is 0 Å². The van der Waals surface area contributed by atoms with Crippen LogP contribution in [0.25, 0.3) is 0 Å². The maximum atomic E-state index is 4.95. The number of hydrogen-bond donors (Lipinski definition) is 0. The van der Waals surface area contributed by atoms with Gasteiger partial charge in [0.2, 0.25) is 0 Å². The molecule has 0 aromatic heterocycles. The zero-order valence-electron chi connectivity index (χ0n) is 7.38. The van der Waals surface area contributed by atoms with Gasteiger partial charge < -0.3 is 4.74 Å². The molecular weight excluding hydrogens is 136 g/mol. The summed E-state index contributed by atoms with van der Waals surface area (Å²) in [5.41, 5.74) is 0. The van der Waals surface area contributed by atoms with Crippen LogP contribution < -0.4 is 0 Å². The van der Waals surface area contributed by atoms with E-state index in [4.69, 9.17) is 4.74 Å². The summed E-state index contributed by atoms with van der Waals surface area (Å²) in [6.45, 7) is 6.42. The predicted octanol–water partition coefficient (Wildman–Crippen LogP) is 3.28. The summed E-state index contributed by atoms with van der Waals surface area (Å²) in [5, 5.41) is 0. The lowest BCUT2D eigenvalue weighted by Crippen LogP contribution is -1.82. The number of unbranched alkanes of at least 4 members (excludes halogenated alkanes) is 2. The second kappa shape index (κ2) is 9.28. The van der Waals surface area contributed by atoms with Crippen molar-refractivity contribution < 1.29 is 4.74 Å². The van der Waals surface area contributed by atoms with Gasteiger partial charge in [0.1, 0.15) is 0 Å². The largest absolute Gasteiger partial charge is 0.501 e. The maximum Gasteiger partial charge on any atom is 0.0907 e. The van der Waals surface area contributed by atoms with E-state index in [9.17, 15) is 0 Å². The van der Waals surface area contributed by atoms with Crippen molar-refractivity contribution in [3.8, 4) is 0 Å². The molecule has 0 aromatic rings. The molecule has 0 saturated heterocycles. The van der Waals surface area contributed by atoms with E-state index in [0.29, 0.717) is 0 Å². The van der Waals surface area contributed by atoms with E-state index in [0.717, 1.165) is 13.0 Å². The molecule has 0 fully saturated rings. The van der Waals surface area contributed by atoms with Crippen molar-refractivity contribution in [1.82, 2.24) is 0 Å². The standard InChI is InChI=1S/C10H18O/c1-3-5-6-7-8-9-10-11-4-2/h4,7-8H,2-3,5-6,9-10H2,1H3. The van der Waals surface area contributed by atoms with Crippen molar-refractivity contribution >= 4 is 0 Å². The van der Waals surface area contributed by atoms with E-state index in [2.05, 4.69) is 25.7 Å². The molecule has 0 amide bonds. The van der Waals surface area contributed by atoms with E-state index in [-0.39, 0.29) is 0 Å². The van der Waals surface area contributed by atoms with E-state index < -0.39 is 0 Å². The summed E-state index contributed by atoms with van der Waals surface area (Å²) in [6.07, 6.45) is 10.6. The highest BCUT2D eigenvalue weighted by molar-refractivity contribution is 4.81. The fourth-order valence-electron chi connectivity index (χ4n) is 0.777. The van der Waals surface area contributed by atoms with Crippen LogP contribution in [0.1, 0.15) is 32.6 Å². The maximum absolute atomic E-state index is 4.95. The fraction of sp³-hybridized carbons (Fsp3) is 0.600. The average Bonchev–Trinajstić information content (AvgIpc) is 2.03. The summed E-state index contributed by atoms with van der Waals surface area (Å²) in [7, 11) is 0. The van der Waals surface area contributed by atoms with Crippen LogP contribution in [0.3, 0.4) is 0 Å². The number of ether oxygens (including phenoxy) is 1. The monoisotopic (exact) mass is 154 g/mol. The highest BCUT2D eigenvalue weighted by atomic mass is 16.5. The number of hydrogen-bond acceptors (Lipinski definition) is 1. The lowest BCUT2D eigenvalue weighted by molar-refractivity contribution is 0.257. The molecule has 0 radical (unpaired) electrons. The fourth-order valence-corrected chi connectivity index (χ4v) is 0.777. The van der Waals surface area contributed by atoms with Gasteiger partial charge in [-0.05, 0) is 12.8 Å². The Morgan fingerprint density at radius 2 is 2.00 bits per heavy atom. The molecule has 64 valence electrons. The molecule has 0 spiro atoms. The molecule has 0 unspecified atom stereocenters. The smallest absolute Gasteiger partial charge is 0.0907 e. The van der Waals surface area contributed by atoms with Crippen LogP contribution in [0.2, 0.25) is 0 Å². The van der Waals surface area contributed by atoms with Gasteiger partial charge in [0.15, 0.2) is 0 Å². The zero-order chi connectivity index (χ0) is 8.36. The van der Waals surface area contributed by atoms with Gasteiger partial charge in [0, 0.05) is 0 Å². The molecular formula is C10H18O. The molecule has 0 rings (SSSR count).